The number of carboxylic acid groups (broad SMARTS) is 2. The molecule has 228 valence electrons. The predicted molar refractivity (Wildman–Crippen MR) is 159 cm³/mol. The normalized spacial score (nSPS) is 12.2. The van der Waals surface area contributed by atoms with E-state index in [4.69, 9.17) is 10.2 Å². The van der Waals surface area contributed by atoms with Crippen LogP contribution in [0.1, 0.15) is 181 Å². The summed E-state index contributed by atoms with van der Waals surface area (Å²) in [5, 5.41) is 38.6. The first-order chi connectivity index (χ1) is 18.4. The molecular weight excluding hydrogens is 505 g/mol. The SMILES string of the molecule is CCCCCCCCCCCCCCC(O)C(=O)[O-].CCCCCCCCCCCCCCC(O)C(=O)[O-].[Mg+2]. The van der Waals surface area contributed by atoms with Crippen LogP contribution in [0.4, 0.5) is 0 Å². The molecule has 0 radical (unpaired) electrons. The largest absolute Gasteiger partial charge is 2.00 e. The molecule has 0 fully saturated rings. The standard InChI is InChI=1S/2C16H32O3.Mg/c2*1-2-3-4-5-6-7-8-9-10-11-12-13-14-15(17)16(18)19;/h2*15,17H,2-14H2,1H3,(H,18,19);/q;;+2/p-2. The van der Waals surface area contributed by atoms with Gasteiger partial charge in [-0.25, -0.2) is 0 Å². The Hall–Kier alpha value is -0.374. The van der Waals surface area contributed by atoms with E-state index >= 15 is 0 Å². The number of aliphatic carboxylic acids is 2. The van der Waals surface area contributed by atoms with Gasteiger partial charge in [0.15, 0.2) is 0 Å². The van der Waals surface area contributed by atoms with Crippen LogP contribution in [0.2, 0.25) is 0 Å². The van der Waals surface area contributed by atoms with Crippen molar-refractivity contribution in [2.24, 2.45) is 0 Å². The molecule has 0 saturated carbocycles. The van der Waals surface area contributed by atoms with E-state index in [-0.39, 0.29) is 23.1 Å². The van der Waals surface area contributed by atoms with E-state index in [1.165, 1.54) is 116 Å². The molecule has 7 heteroatoms. The van der Waals surface area contributed by atoms with Crippen molar-refractivity contribution in [1.29, 1.82) is 0 Å². The van der Waals surface area contributed by atoms with E-state index in [0.29, 0.717) is 12.8 Å². The smallest absolute Gasteiger partial charge is 0.547 e. The first-order valence-electron chi connectivity index (χ1n) is 16.1. The van der Waals surface area contributed by atoms with Crippen LogP contribution < -0.4 is 10.2 Å². The number of carbonyl (C=O) groups is 2. The third kappa shape index (κ3) is 37.6. The maximum Gasteiger partial charge on any atom is 2.00 e. The zero-order valence-corrected chi connectivity index (χ0v) is 27.2. The van der Waals surface area contributed by atoms with Crippen LogP contribution in [0, 0.1) is 0 Å². The Morgan fingerprint density at radius 1 is 0.436 bits per heavy atom. The Morgan fingerprint density at radius 3 is 0.795 bits per heavy atom. The summed E-state index contributed by atoms with van der Waals surface area (Å²) in [6.07, 6.45) is 28.1. The van der Waals surface area contributed by atoms with E-state index in [9.17, 15) is 19.8 Å². The molecule has 0 aromatic carbocycles. The van der Waals surface area contributed by atoms with Crippen LogP contribution in [0.15, 0.2) is 0 Å². The molecule has 0 bridgehead atoms. The summed E-state index contributed by atoms with van der Waals surface area (Å²) in [7, 11) is 0. The molecule has 0 rings (SSSR count). The molecule has 0 amide bonds. The van der Waals surface area contributed by atoms with Gasteiger partial charge in [-0.15, -0.1) is 0 Å². The summed E-state index contributed by atoms with van der Waals surface area (Å²) < 4.78 is 0. The van der Waals surface area contributed by atoms with Gasteiger partial charge in [0.2, 0.25) is 0 Å². The molecule has 6 nitrogen and oxygen atoms in total. The van der Waals surface area contributed by atoms with Crippen molar-refractivity contribution < 1.29 is 30.0 Å². The van der Waals surface area contributed by atoms with Crippen molar-refractivity contribution in [2.45, 2.75) is 193 Å². The van der Waals surface area contributed by atoms with Crippen molar-refractivity contribution in [3.05, 3.63) is 0 Å². The van der Waals surface area contributed by atoms with Crippen molar-refractivity contribution in [2.75, 3.05) is 0 Å². The molecule has 2 N–H and O–H groups in total. The maximum atomic E-state index is 10.3. The van der Waals surface area contributed by atoms with Crippen LogP contribution in [-0.2, 0) is 9.59 Å². The van der Waals surface area contributed by atoms with E-state index < -0.39 is 24.1 Å². The Balaban J connectivity index is -0.000000648. The van der Waals surface area contributed by atoms with Crippen molar-refractivity contribution in [3.8, 4) is 0 Å². The van der Waals surface area contributed by atoms with Gasteiger partial charge in [-0.1, -0.05) is 168 Å². The molecule has 0 aromatic rings. The molecular formula is C32H62MgO6. The quantitative estimate of drug-likeness (QED) is 0.0885. The van der Waals surface area contributed by atoms with Crippen molar-refractivity contribution in [1.82, 2.24) is 0 Å². The molecule has 2 atom stereocenters. The van der Waals surface area contributed by atoms with Crippen LogP contribution in [-0.4, -0.2) is 57.4 Å². The third-order valence-corrected chi connectivity index (χ3v) is 7.21. The van der Waals surface area contributed by atoms with E-state index in [1.54, 1.807) is 0 Å². The zero-order chi connectivity index (χ0) is 28.7. The van der Waals surface area contributed by atoms with Gasteiger partial charge in [0, 0.05) is 0 Å². The number of carbonyl (C=O) groups excluding carboxylic acids is 2. The number of rotatable bonds is 28. The topological polar surface area (TPSA) is 121 Å². The molecule has 0 heterocycles. The molecule has 2 unspecified atom stereocenters. The van der Waals surface area contributed by atoms with Gasteiger partial charge in [-0.05, 0) is 12.8 Å². The summed E-state index contributed by atoms with van der Waals surface area (Å²) in [5.41, 5.74) is 0. The summed E-state index contributed by atoms with van der Waals surface area (Å²) in [6.45, 7) is 4.48. The molecule has 0 spiro atoms. The van der Waals surface area contributed by atoms with E-state index in [1.807, 2.05) is 0 Å². The summed E-state index contributed by atoms with van der Waals surface area (Å²) >= 11 is 0. The first kappa shape index (κ1) is 43.1. The Bertz CT molecular complexity index is 459. The number of hydrogen-bond acceptors (Lipinski definition) is 6. The fourth-order valence-corrected chi connectivity index (χ4v) is 4.59. The van der Waals surface area contributed by atoms with Gasteiger partial charge in [0.25, 0.3) is 0 Å². The second-order valence-electron chi connectivity index (χ2n) is 11.0. The fraction of sp³-hybridized carbons (Fsp3) is 0.938. The second kappa shape index (κ2) is 35.7. The molecule has 0 aliphatic carbocycles. The minimum Gasteiger partial charge on any atom is -0.547 e. The average molecular weight is 567 g/mol. The molecule has 0 saturated heterocycles. The Morgan fingerprint density at radius 2 is 0.615 bits per heavy atom. The minimum absolute atomic E-state index is 0. The minimum atomic E-state index is -1.34. The average Bonchev–Trinajstić information content (AvgIpc) is 2.89. The number of unbranched alkanes of at least 4 members (excludes halogenated alkanes) is 22. The third-order valence-electron chi connectivity index (χ3n) is 7.21. The Kier molecular flexibility index (Phi) is 39.4. The van der Waals surface area contributed by atoms with Crippen molar-refractivity contribution >= 4 is 35.0 Å². The van der Waals surface area contributed by atoms with Gasteiger partial charge in [0.1, 0.15) is 0 Å². The van der Waals surface area contributed by atoms with Crippen LogP contribution in [0.5, 0.6) is 0 Å². The molecule has 0 aromatic heterocycles. The van der Waals surface area contributed by atoms with E-state index in [2.05, 4.69) is 13.8 Å². The van der Waals surface area contributed by atoms with Crippen LogP contribution in [0.3, 0.4) is 0 Å². The van der Waals surface area contributed by atoms with Gasteiger partial charge < -0.3 is 30.0 Å². The summed E-state index contributed by atoms with van der Waals surface area (Å²) in [4.78, 5) is 20.5. The first-order valence-corrected chi connectivity index (χ1v) is 16.1. The number of aliphatic hydroxyl groups excluding tert-OH is 2. The van der Waals surface area contributed by atoms with Gasteiger partial charge in [-0.3, -0.25) is 0 Å². The van der Waals surface area contributed by atoms with Gasteiger partial charge in [0.05, 0.1) is 24.1 Å². The van der Waals surface area contributed by atoms with E-state index in [0.717, 1.165) is 38.5 Å². The van der Waals surface area contributed by atoms with Crippen molar-refractivity contribution in [3.63, 3.8) is 0 Å². The zero-order valence-electron chi connectivity index (χ0n) is 25.8. The second-order valence-corrected chi connectivity index (χ2v) is 11.0. The van der Waals surface area contributed by atoms with Gasteiger partial charge >= 0.3 is 23.1 Å². The summed E-state index contributed by atoms with van der Waals surface area (Å²) in [5.74, 6) is -2.69. The van der Waals surface area contributed by atoms with Gasteiger partial charge in [-0.2, -0.15) is 0 Å². The number of hydrogen-bond donors (Lipinski definition) is 2. The monoisotopic (exact) mass is 566 g/mol. The molecule has 0 aliphatic rings. The fourth-order valence-electron chi connectivity index (χ4n) is 4.59. The molecule has 39 heavy (non-hydrogen) atoms. The maximum absolute atomic E-state index is 10.3. The van der Waals surface area contributed by atoms with Crippen LogP contribution in [0.25, 0.3) is 0 Å². The van der Waals surface area contributed by atoms with Crippen LogP contribution >= 0.6 is 0 Å². The Labute approximate surface area is 257 Å². The number of aliphatic hydroxyl groups is 2. The number of carboxylic acids is 2. The summed E-state index contributed by atoms with van der Waals surface area (Å²) in [6, 6.07) is 0. The molecule has 0 aliphatic heterocycles. The predicted octanol–water partition coefficient (Wildman–Crippen LogP) is 6.00.